The standard InChI is InChI=1S/C22H36O2/c1-13(23)16-5-6-17-15-11-19(24-4)22-12-14(22)7-10-21(22,3)18(15)8-9-20(16,17)2/h13-19,23H,5-12H2,1-4H3/t13-,14+,15-,16+,17-,18-,19+,20+,21+,22-/m0/s1. The van der Waals surface area contributed by atoms with Crippen molar-refractivity contribution in [1.82, 2.24) is 0 Å². The van der Waals surface area contributed by atoms with Crippen LogP contribution in [0.25, 0.3) is 0 Å². The van der Waals surface area contributed by atoms with Gasteiger partial charge in [-0.05, 0) is 98.7 Å². The Hall–Kier alpha value is -0.0800. The highest BCUT2D eigenvalue weighted by Gasteiger charge is 2.77. The third-order valence-electron chi connectivity index (χ3n) is 10.5. The van der Waals surface area contributed by atoms with Gasteiger partial charge < -0.3 is 9.84 Å². The highest BCUT2D eigenvalue weighted by atomic mass is 16.5. The van der Waals surface area contributed by atoms with E-state index in [1.807, 2.05) is 14.0 Å². The number of hydrogen-bond acceptors (Lipinski definition) is 2. The molecule has 0 unspecified atom stereocenters. The van der Waals surface area contributed by atoms with Crippen LogP contribution >= 0.6 is 0 Å². The lowest BCUT2D eigenvalue weighted by Gasteiger charge is -2.60. The zero-order chi connectivity index (χ0) is 16.9. The molecule has 1 spiro atoms. The SMILES string of the molecule is CO[C@@H]1C[C@H]2[C@@H]3CC[C@H]([C@H](C)O)[C@@]3(C)CC[C@@H]2[C@@]2(C)CC[C@@H]3C[C@]312. The van der Waals surface area contributed by atoms with Gasteiger partial charge in [-0.15, -0.1) is 0 Å². The second kappa shape index (κ2) is 4.80. The van der Waals surface area contributed by atoms with Crippen LogP contribution in [0.15, 0.2) is 0 Å². The van der Waals surface area contributed by atoms with E-state index in [4.69, 9.17) is 4.74 Å². The minimum atomic E-state index is -0.139. The van der Waals surface area contributed by atoms with Crippen molar-refractivity contribution in [3.05, 3.63) is 0 Å². The van der Waals surface area contributed by atoms with E-state index >= 15 is 0 Å². The van der Waals surface area contributed by atoms with E-state index in [-0.39, 0.29) is 6.10 Å². The molecule has 0 amide bonds. The number of methoxy groups -OCH3 is 1. The van der Waals surface area contributed by atoms with E-state index in [1.54, 1.807) is 0 Å². The second-order valence-electron chi connectivity index (χ2n) is 10.7. The molecule has 0 aromatic heterocycles. The molecule has 24 heavy (non-hydrogen) atoms. The summed E-state index contributed by atoms with van der Waals surface area (Å²) in [4.78, 5) is 0. The second-order valence-corrected chi connectivity index (χ2v) is 10.7. The lowest BCUT2D eigenvalue weighted by Crippen LogP contribution is -2.57. The molecule has 136 valence electrons. The molecule has 2 heteroatoms. The molecule has 2 nitrogen and oxygen atoms in total. The van der Waals surface area contributed by atoms with Gasteiger partial charge >= 0.3 is 0 Å². The first kappa shape index (κ1) is 16.1. The van der Waals surface area contributed by atoms with Crippen LogP contribution in [0.5, 0.6) is 0 Å². The van der Waals surface area contributed by atoms with Gasteiger partial charge in [0.15, 0.2) is 0 Å². The summed E-state index contributed by atoms with van der Waals surface area (Å²) >= 11 is 0. The van der Waals surface area contributed by atoms with Crippen molar-refractivity contribution in [1.29, 1.82) is 0 Å². The topological polar surface area (TPSA) is 29.5 Å². The molecule has 10 atom stereocenters. The number of aliphatic hydroxyl groups excluding tert-OH is 1. The Morgan fingerprint density at radius 3 is 2.50 bits per heavy atom. The summed E-state index contributed by atoms with van der Waals surface area (Å²) in [5.41, 5.74) is 1.44. The predicted molar refractivity (Wildman–Crippen MR) is 95.5 cm³/mol. The minimum Gasteiger partial charge on any atom is -0.393 e. The van der Waals surface area contributed by atoms with Crippen LogP contribution in [-0.4, -0.2) is 24.4 Å². The largest absolute Gasteiger partial charge is 0.393 e. The molecular weight excluding hydrogens is 296 g/mol. The summed E-state index contributed by atoms with van der Waals surface area (Å²) in [6.07, 6.45) is 11.4. The average molecular weight is 333 g/mol. The minimum absolute atomic E-state index is 0.139. The van der Waals surface area contributed by atoms with Gasteiger partial charge in [0.2, 0.25) is 0 Å². The Morgan fingerprint density at radius 2 is 1.83 bits per heavy atom. The zero-order valence-corrected chi connectivity index (χ0v) is 16.1. The summed E-state index contributed by atoms with van der Waals surface area (Å²) in [7, 11) is 1.98. The fraction of sp³-hybridized carbons (Fsp3) is 1.00. The lowest BCUT2D eigenvalue weighted by atomic mass is 9.45. The Bertz CT molecular complexity index is 544. The van der Waals surface area contributed by atoms with Gasteiger partial charge in [0.05, 0.1) is 12.2 Å². The molecule has 0 aromatic carbocycles. The smallest absolute Gasteiger partial charge is 0.0638 e. The van der Waals surface area contributed by atoms with Crippen LogP contribution in [0.3, 0.4) is 0 Å². The van der Waals surface area contributed by atoms with Gasteiger partial charge in [0.25, 0.3) is 0 Å². The van der Waals surface area contributed by atoms with E-state index in [2.05, 4.69) is 13.8 Å². The van der Waals surface area contributed by atoms with Gasteiger partial charge in [0, 0.05) is 12.5 Å². The Kier molecular flexibility index (Phi) is 3.22. The quantitative estimate of drug-likeness (QED) is 0.797. The summed E-state index contributed by atoms with van der Waals surface area (Å²) in [5, 5.41) is 10.4. The summed E-state index contributed by atoms with van der Waals surface area (Å²) in [6.45, 7) is 7.19. The van der Waals surface area contributed by atoms with E-state index in [1.165, 1.54) is 51.4 Å². The maximum absolute atomic E-state index is 10.4. The molecule has 0 aliphatic heterocycles. The van der Waals surface area contributed by atoms with Gasteiger partial charge in [-0.3, -0.25) is 0 Å². The molecule has 0 bridgehead atoms. The van der Waals surface area contributed by atoms with E-state index in [9.17, 15) is 5.11 Å². The van der Waals surface area contributed by atoms with Gasteiger partial charge in [-0.2, -0.15) is 0 Å². The van der Waals surface area contributed by atoms with Gasteiger partial charge in [-0.1, -0.05) is 13.8 Å². The van der Waals surface area contributed by atoms with E-state index in [0.29, 0.717) is 28.3 Å². The number of aliphatic hydroxyl groups is 1. The highest BCUT2D eigenvalue weighted by Crippen LogP contribution is 2.82. The van der Waals surface area contributed by atoms with Crippen molar-refractivity contribution in [3.63, 3.8) is 0 Å². The molecule has 0 saturated heterocycles. The zero-order valence-electron chi connectivity index (χ0n) is 16.1. The molecule has 5 rings (SSSR count). The molecule has 0 radical (unpaired) electrons. The van der Waals surface area contributed by atoms with Crippen molar-refractivity contribution < 1.29 is 9.84 Å². The Labute approximate surface area is 147 Å². The highest BCUT2D eigenvalue weighted by molar-refractivity contribution is 5.26. The summed E-state index contributed by atoms with van der Waals surface area (Å²) < 4.78 is 6.17. The van der Waals surface area contributed by atoms with Crippen LogP contribution in [0.4, 0.5) is 0 Å². The number of hydrogen-bond donors (Lipinski definition) is 1. The first-order valence-electron chi connectivity index (χ1n) is 10.6. The molecule has 0 aromatic rings. The molecule has 5 aliphatic carbocycles. The van der Waals surface area contributed by atoms with Crippen LogP contribution in [0, 0.1) is 45.8 Å². The summed E-state index contributed by atoms with van der Waals surface area (Å²) in [6, 6.07) is 0. The monoisotopic (exact) mass is 332 g/mol. The average Bonchev–Trinajstić information content (AvgIpc) is 3.04. The third-order valence-corrected chi connectivity index (χ3v) is 10.5. The number of rotatable bonds is 2. The maximum atomic E-state index is 10.4. The molecule has 5 saturated carbocycles. The fourth-order valence-corrected chi connectivity index (χ4v) is 9.41. The molecule has 1 N–H and O–H groups in total. The third kappa shape index (κ3) is 1.62. The fourth-order valence-electron chi connectivity index (χ4n) is 9.41. The first-order valence-corrected chi connectivity index (χ1v) is 10.6. The van der Waals surface area contributed by atoms with Crippen molar-refractivity contribution in [3.8, 4) is 0 Å². The van der Waals surface area contributed by atoms with Crippen molar-refractivity contribution in [2.45, 2.75) is 84.3 Å². The molecule has 0 heterocycles. The predicted octanol–water partition coefficient (Wildman–Crippen LogP) is 4.65. The van der Waals surface area contributed by atoms with E-state index < -0.39 is 0 Å². The normalized spacial score (nSPS) is 62.4. The summed E-state index contributed by atoms with van der Waals surface area (Å²) in [5.74, 6) is 4.07. The molecule has 5 aliphatic rings. The number of ether oxygens (including phenoxy) is 1. The molecule has 5 fully saturated rings. The van der Waals surface area contributed by atoms with Gasteiger partial charge in [0.1, 0.15) is 0 Å². The Balaban J connectivity index is 1.52. The Morgan fingerprint density at radius 1 is 1.04 bits per heavy atom. The first-order chi connectivity index (χ1) is 11.4. The molecular formula is C22H36O2. The van der Waals surface area contributed by atoms with Crippen molar-refractivity contribution in [2.75, 3.05) is 7.11 Å². The van der Waals surface area contributed by atoms with Crippen molar-refractivity contribution in [2.24, 2.45) is 45.8 Å². The van der Waals surface area contributed by atoms with Crippen LogP contribution in [0.2, 0.25) is 0 Å². The van der Waals surface area contributed by atoms with Crippen LogP contribution in [-0.2, 0) is 4.74 Å². The maximum Gasteiger partial charge on any atom is 0.0638 e. The van der Waals surface area contributed by atoms with Crippen molar-refractivity contribution >= 4 is 0 Å². The number of fused-ring (bicyclic) bond motifs is 4. The van der Waals surface area contributed by atoms with Crippen LogP contribution < -0.4 is 0 Å². The van der Waals surface area contributed by atoms with Crippen LogP contribution in [0.1, 0.15) is 72.1 Å². The lowest BCUT2D eigenvalue weighted by molar-refractivity contribution is -0.162. The van der Waals surface area contributed by atoms with E-state index in [0.717, 1.165) is 23.7 Å². The van der Waals surface area contributed by atoms with Gasteiger partial charge in [-0.25, -0.2) is 0 Å².